The molecule has 1 aromatic heterocycles. The average Bonchev–Trinajstić information content (AvgIpc) is 3.15. The Morgan fingerprint density at radius 3 is 2.62 bits per heavy atom. The molecular weight excluding hydrogens is 383 g/mol. The van der Waals surface area contributed by atoms with Gasteiger partial charge in [0.1, 0.15) is 6.54 Å². The van der Waals surface area contributed by atoms with Crippen LogP contribution in [0.3, 0.4) is 0 Å². The van der Waals surface area contributed by atoms with Gasteiger partial charge in [0.15, 0.2) is 0 Å². The second kappa shape index (κ2) is 8.85. The summed E-state index contributed by atoms with van der Waals surface area (Å²) in [6.45, 7) is 1.74. The third-order valence-corrected chi connectivity index (χ3v) is 4.30. The van der Waals surface area contributed by atoms with Gasteiger partial charge in [0, 0.05) is 11.6 Å². The molecule has 1 atom stereocenters. The highest BCUT2D eigenvalue weighted by molar-refractivity contribution is 5.75. The molecule has 0 spiro atoms. The normalized spacial score (nSPS) is 12.6. The first-order valence-corrected chi connectivity index (χ1v) is 9.10. The number of aryl methyl sites for hydroxylation is 1. The summed E-state index contributed by atoms with van der Waals surface area (Å²) in [5, 5.41) is 14.4. The maximum atomic E-state index is 12.8. The lowest BCUT2D eigenvalue weighted by molar-refractivity contribution is -0.137. The van der Waals surface area contributed by atoms with E-state index in [2.05, 4.69) is 20.7 Å². The van der Waals surface area contributed by atoms with Crippen molar-refractivity contribution in [1.82, 2.24) is 25.5 Å². The molecule has 1 heterocycles. The Kier molecular flexibility index (Phi) is 6.26. The number of tetrazole rings is 1. The predicted molar refractivity (Wildman–Crippen MR) is 101 cm³/mol. The van der Waals surface area contributed by atoms with Crippen molar-refractivity contribution < 1.29 is 18.0 Å². The Hall–Kier alpha value is -3.23. The Bertz CT molecular complexity index is 956. The zero-order chi connectivity index (χ0) is 20.9. The van der Waals surface area contributed by atoms with Crippen LogP contribution in [0.1, 0.15) is 24.5 Å². The Labute approximate surface area is 165 Å². The molecular formula is C20H20F3N5O. The Morgan fingerprint density at radius 1 is 1.14 bits per heavy atom. The molecule has 0 aliphatic carbocycles. The standard InChI is InChI=1S/C20H20F3N5O/c1-14(10-11-15-6-3-2-4-7-15)24-18(29)13-28-26-19(25-27-28)16-8-5-9-17(12-16)20(21,22)23/h2-9,12,14H,10-11,13H2,1H3,(H,24,29). The van der Waals surface area contributed by atoms with E-state index in [9.17, 15) is 18.0 Å². The van der Waals surface area contributed by atoms with Gasteiger partial charge in [-0.3, -0.25) is 4.79 Å². The van der Waals surface area contributed by atoms with Crippen molar-refractivity contribution in [3.05, 3.63) is 65.7 Å². The van der Waals surface area contributed by atoms with Crippen molar-refractivity contribution in [2.45, 2.75) is 38.5 Å². The molecule has 3 aromatic rings. The SMILES string of the molecule is CC(CCc1ccccc1)NC(=O)Cn1nnc(-c2cccc(C(F)(F)F)c2)n1. The Balaban J connectivity index is 1.55. The molecule has 6 nitrogen and oxygen atoms in total. The number of amides is 1. The fraction of sp³-hybridized carbons (Fsp3) is 0.300. The molecule has 152 valence electrons. The lowest BCUT2D eigenvalue weighted by atomic mass is 10.1. The number of benzene rings is 2. The highest BCUT2D eigenvalue weighted by atomic mass is 19.4. The van der Waals surface area contributed by atoms with E-state index in [1.165, 1.54) is 17.7 Å². The van der Waals surface area contributed by atoms with E-state index < -0.39 is 11.7 Å². The van der Waals surface area contributed by atoms with Crippen molar-refractivity contribution in [2.24, 2.45) is 0 Å². The van der Waals surface area contributed by atoms with E-state index in [0.29, 0.717) is 0 Å². The van der Waals surface area contributed by atoms with E-state index in [1.54, 1.807) is 0 Å². The van der Waals surface area contributed by atoms with E-state index in [-0.39, 0.29) is 29.9 Å². The molecule has 3 rings (SSSR count). The summed E-state index contributed by atoms with van der Waals surface area (Å²) < 4.78 is 38.5. The highest BCUT2D eigenvalue weighted by Crippen LogP contribution is 2.31. The van der Waals surface area contributed by atoms with Gasteiger partial charge < -0.3 is 5.32 Å². The van der Waals surface area contributed by atoms with Crippen molar-refractivity contribution in [3.63, 3.8) is 0 Å². The maximum Gasteiger partial charge on any atom is 0.416 e. The van der Waals surface area contributed by atoms with Crippen LogP contribution in [0.15, 0.2) is 54.6 Å². The monoisotopic (exact) mass is 403 g/mol. The predicted octanol–water partition coefficient (Wildman–Crippen LogP) is 3.50. The second-order valence-corrected chi connectivity index (χ2v) is 6.71. The summed E-state index contributed by atoms with van der Waals surface area (Å²) in [6, 6.07) is 14.6. The van der Waals surface area contributed by atoms with Crippen LogP contribution in [-0.4, -0.2) is 32.2 Å². The molecule has 0 saturated heterocycles. The van der Waals surface area contributed by atoms with Gasteiger partial charge in [0.2, 0.25) is 11.7 Å². The highest BCUT2D eigenvalue weighted by Gasteiger charge is 2.30. The zero-order valence-corrected chi connectivity index (χ0v) is 15.7. The zero-order valence-electron chi connectivity index (χ0n) is 15.7. The number of nitrogens with zero attached hydrogens (tertiary/aromatic N) is 4. The quantitative estimate of drug-likeness (QED) is 0.655. The molecule has 29 heavy (non-hydrogen) atoms. The minimum atomic E-state index is -4.46. The van der Waals surface area contributed by atoms with Gasteiger partial charge in [-0.05, 0) is 42.7 Å². The summed E-state index contributed by atoms with van der Waals surface area (Å²) >= 11 is 0. The molecule has 1 amide bonds. The molecule has 2 aromatic carbocycles. The van der Waals surface area contributed by atoms with E-state index >= 15 is 0 Å². The van der Waals surface area contributed by atoms with Crippen LogP contribution in [0.4, 0.5) is 13.2 Å². The lowest BCUT2D eigenvalue weighted by Crippen LogP contribution is -2.35. The fourth-order valence-electron chi connectivity index (χ4n) is 2.81. The summed E-state index contributed by atoms with van der Waals surface area (Å²) in [7, 11) is 0. The molecule has 1 N–H and O–H groups in total. The van der Waals surface area contributed by atoms with E-state index in [4.69, 9.17) is 0 Å². The third-order valence-electron chi connectivity index (χ3n) is 4.30. The number of carbonyl (C=O) groups excluding carboxylic acids is 1. The van der Waals surface area contributed by atoms with Crippen LogP contribution in [0.5, 0.6) is 0 Å². The number of hydrogen-bond donors (Lipinski definition) is 1. The number of carbonyl (C=O) groups is 1. The molecule has 0 aliphatic heterocycles. The van der Waals surface area contributed by atoms with Gasteiger partial charge in [0.25, 0.3) is 0 Å². The summed E-state index contributed by atoms with van der Waals surface area (Å²) in [5.41, 5.74) is 0.580. The van der Waals surface area contributed by atoms with Crippen LogP contribution in [0.2, 0.25) is 0 Å². The summed E-state index contributed by atoms with van der Waals surface area (Å²) in [5.74, 6) is -0.264. The topological polar surface area (TPSA) is 72.7 Å². The second-order valence-electron chi connectivity index (χ2n) is 6.71. The van der Waals surface area contributed by atoms with Crippen LogP contribution in [0.25, 0.3) is 11.4 Å². The number of alkyl halides is 3. The maximum absolute atomic E-state index is 12.8. The number of halogens is 3. The van der Waals surface area contributed by atoms with Crippen LogP contribution in [-0.2, 0) is 23.9 Å². The minimum absolute atomic E-state index is 0.0287. The Morgan fingerprint density at radius 2 is 1.90 bits per heavy atom. The van der Waals surface area contributed by atoms with Crippen molar-refractivity contribution >= 4 is 5.91 Å². The lowest BCUT2D eigenvalue weighted by Gasteiger charge is -2.13. The van der Waals surface area contributed by atoms with Gasteiger partial charge in [-0.25, -0.2) is 0 Å². The number of aromatic nitrogens is 4. The van der Waals surface area contributed by atoms with Crippen molar-refractivity contribution in [3.8, 4) is 11.4 Å². The van der Waals surface area contributed by atoms with E-state index in [1.807, 2.05) is 37.3 Å². The van der Waals surface area contributed by atoms with Crippen LogP contribution < -0.4 is 5.32 Å². The first-order valence-electron chi connectivity index (χ1n) is 9.10. The molecule has 0 radical (unpaired) electrons. The van der Waals surface area contributed by atoms with E-state index in [0.717, 1.165) is 29.8 Å². The first-order chi connectivity index (χ1) is 13.8. The van der Waals surface area contributed by atoms with Gasteiger partial charge in [0.05, 0.1) is 5.56 Å². The molecule has 0 fully saturated rings. The van der Waals surface area contributed by atoms with Crippen LogP contribution in [0, 0.1) is 0 Å². The molecule has 0 bridgehead atoms. The largest absolute Gasteiger partial charge is 0.416 e. The summed E-state index contributed by atoms with van der Waals surface area (Å²) in [4.78, 5) is 13.2. The first kappa shape index (κ1) is 20.5. The van der Waals surface area contributed by atoms with Gasteiger partial charge in [-0.15, -0.1) is 10.2 Å². The molecule has 0 saturated carbocycles. The molecule has 9 heteroatoms. The van der Waals surface area contributed by atoms with Gasteiger partial charge in [-0.2, -0.15) is 18.0 Å². The van der Waals surface area contributed by atoms with Gasteiger partial charge >= 0.3 is 6.18 Å². The van der Waals surface area contributed by atoms with Crippen molar-refractivity contribution in [2.75, 3.05) is 0 Å². The van der Waals surface area contributed by atoms with Gasteiger partial charge in [-0.1, -0.05) is 42.5 Å². The van der Waals surface area contributed by atoms with Crippen LogP contribution >= 0.6 is 0 Å². The number of rotatable bonds is 7. The third kappa shape index (κ3) is 5.87. The molecule has 0 aliphatic rings. The minimum Gasteiger partial charge on any atom is -0.352 e. The fourth-order valence-corrected chi connectivity index (χ4v) is 2.81. The number of nitrogens with one attached hydrogen (secondary N) is 1. The van der Waals surface area contributed by atoms with Crippen molar-refractivity contribution in [1.29, 1.82) is 0 Å². The average molecular weight is 403 g/mol. The number of hydrogen-bond acceptors (Lipinski definition) is 4. The summed E-state index contributed by atoms with van der Waals surface area (Å²) in [6.07, 6.45) is -2.85. The smallest absolute Gasteiger partial charge is 0.352 e. The molecule has 1 unspecified atom stereocenters.